The summed E-state index contributed by atoms with van der Waals surface area (Å²) in [5.74, 6) is -1.31. The molecule has 0 spiro atoms. The van der Waals surface area contributed by atoms with Gasteiger partial charge >= 0.3 is 30.5 Å². The molecule has 16 heteroatoms. The smallest absolute Gasteiger partial charge is 0.436 e. The van der Waals surface area contributed by atoms with Gasteiger partial charge in [0.1, 0.15) is 28.0 Å². The van der Waals surface area contributed by atoms with E-state index in [1.807, 2.05) is 0 Å². The highest BCUT2D eigenvalue weighted by molar-refractivity contribution is 7.98. The van der Waals surface area contributed by atoms with E-state index in [1.165, 1.54) is 0 Å². The maximum Gasteiger partial charge on any atom is 0.436 e. The van der Waals surface area contributed by atoms with Crippen molar-refractivity contribution < 1.29 is 47.7 Å². The minimum Gasteiger partial charge on any atom is -0.443 e. The van der Waals surface area contributed by atoms with Crippen molar-refractivity contribution in [2.75, 3.05) is 11.2 Å². The molecule has 15 nitrogen and oxygen atoms in total. The van der Waals surface area contributed by atoms with E-state index in [-0.39, 0.29) is 5.16 Å². The molecule has 0 aromatic carbocycles. The molecule has 0 aliphatic rings. The predicted molar refractivity (Wildman–Crippen MR) is 176 cm³/mol. The average molecular weight is 684 g/mol. The number of aliphatic imine (C=N–C) groups is 1. The second-order valence-electron chi connectivity index (χ2n) is 15.1. The molecule has 1 rings (SSSR count). The summed E-state index contributed by atoms with van der Waals surface area (Å²) in [6.45, 7) is 23.5. The molecular weight excluding hydrogens is 634 g/mol. The molecule has 0 atom stereocenters. The Morgan fingerprint density at radius 3 is 1.32 bits per heavy atom. The van der Waals surface area contributed by atoms with Gasteiger partial charge in [-0.05, 0) is 110 Å². The first-order valence-corrected chi connectivity index (χ1v) is 15.9. The van der Waals surface area contributed by atoms with Crippen molar-refractivity contribution in [2.45, 2.75) is 137 Å². The van der Waals surface area contributed by atoms with Crippen LogP contribution in [0.2, 0.25) is 0 Å². The van der Waals surface area contributed by atoms with Crippen molar-refractivity contribution >= 4 is 53.9 Å². The predicted octanol–water partition coefficient (Wildman–Crippen LogP) is 7.73. The van der Waals surface area contributed by atoms with Gasteiger partial charge in [-0.25, -0.2) is 33.9 Å². The Labute approximate surface area is 281 Å². The summed E-state index contributed by atoms with van der Waals surface area (Å²) in [5, 5.41) is 0.0542. The molecular formula is C31H49N5O10S. The van der Waals surface area contributed by atoms with Crippen LogP contribution in [0.15, 0.2) is 16.3 Å². The number of hydrogen-bond donors (Lipinski definition) is 0. The molecule has 1 aromatic heterocycles. The molecule has 0 aliphatic carbocycles. The van der Waals surface area contributed by atoms with Gasteiger partial charge in [0.05, 0.1) is 5.56 Å². The van der Waals surface area contributed by atoms with E-state index in [4.69, 9.17) is 23.7 Å². The van der Waals surface area contributed by atoms with E-state index in [0.29, 0.717) is 9.80 Å². The summed E-state index contributed by atoms with van der Waals surface area (Å²) >= 11 is 1.05. The molecule has 0 N–H and O–H groups in total. The maximum absolute atomic E-state index is 13.7. The number of carbonyl (C=O) groups excluding carboxylic acids is 5. The van der Waals surface area contributed by atoms with Gasteiger partial charge in [-0.2, -0.15) is 14.8 Å². The van der Waals surface area contributed by atoms with Crippen molar-refractivity contribution in [3.05, 3.63) is 11.8 Å². The molecule has 5 amide bonds. The number of anilines is 1. The minimum absolute atomic E-state index is 0.0542. The Balaban J connectivity index is 4.38. The van der Waals surface area contributed by atoms with Crippen LogP contribution in [-0.2, 0) is 23.7 Å². The number of amides is 5. The summed E-state index contributed by atoms with van der Waals surface area (Å²) in [6, 6.07) is 0. The number of aromatic nitrogens is 2. The monoisotopic (exact) mass is 683 g/mol. The number of nitrogens with zero attached hydrogens (tertiary/aromatic N) is 5. The molecule has 0 bridgehead atoms. The lowest BCUT2D eigenvalue weighted by molar-refractivity contribution is 0.0147. The fourth-order valence-electron chi connectivity index (χ4n) is 3.11. The standard InChI is InChI=1S/C31H49N5O10S/c1-27(2,3)42-22(37)34-20(36(25(40)45-30(10,11)12)26(41)46-31(13,14)15)18-17-32-21(47-16)33-19(18)35(23(38)43-28(4,5)6)24(39)44-29(7,8)9/h17H,1-16H3/b34-20-. The van der Waals surface area contributed by atoms with E-state index < -0.39 is 75.7 Å². The first kappa shape index (κ1) is 41.1. The largest absolute Gasteiger partial charge is 0.443 e. The maximum atomic E-state index is 13.7. The quantitative estimate of drug-likeness (QED) is 0.0995. The molecule has 0 fully saturated rings. The lowest BCUT2D eigenvalue weighted by Gasteiger charge is -2.31. The first-order chi connectivity index (χ1) is 20.9. The molecule has 0 unspecified atom stereocenters. The highest BCUT2D eigenvalue weighted by atomic mass is 32.2. The summed E-state index contributed by atoms with van der Waals surface area (Å²) in [4.78, 5) is 81.4. The van der Waals surface area contributed by atoms with E-state index in [0.717, 1.165) is 18.0 Å². The molecule has 0 radical (unpaired) electrons. The van der Waals surface area contributed by atoms with Crippen LogP contribution in [0.4, 0.5) is 29.8 Å². The van der Waals surface area contributed by atoms with Crippen LogP contribution in [-0.4, -0.2) is 85.4 Å². The third kappa shape index (κ3) is 14.6. The Morgan fingerprint density at radius 1 is 0.617 bits per heavy atom. The second kappa shape index (κ2) is 14.9. The lowest BCUT2D eigenvalue weighted by atomic mass is 10.2. The zero-order valence-electron chi connectivity index (χ0n) is 30.3. The van der Waals surface area contributed by atoms with Crippen LogP contribution in [0, 0.1) is 0 Å². The van der Waals surface area contributed by atoms with Crippen molar-refractivity contribution in [3.63, 3.8) is 0 Å². The normalized spacial score (nSPS) is 12.9. The fourth-order valence-corrected chi connectivity index (χ4v) is 3.45. The van der Waals surface area contributed by atoms with Gasteiger partial charge in [0.15, 0.2) is 16.8 Å². The number of rotatable bonds is 3. The lowest BCUT2D eigenvalue weighted by Crippen LogP contribution is -2.49. The molecule has 0 saturated heterocycles. The molecule has 0 saturated carbocycles. The number of carbonyl (C=O) groups is 5. The Hall–Kier alpha value is -3.95. The third-order valence-electron chi connectivity index (χ3n) is 4.49. The summed E-state index contributed by atoms with van der Waals surface area (Å²) in [6.07, 6.45) is -3.61. The van der Waals surface area contributed by atoms with Crippen molar-refractivity contribution in [1.82, 2.24) is 14.9 Å². The fraction of sp³-hybridized carbons (Fsp3) is 0.677. The number of imide groups is 2. The molecule has 0 aliphatic heterocycles. The topological polar surface area (TPSA) is 176 Å². The van der Waals surface area contributed by atoms with Gasteiger partial charge in [-0.1, -0.05) is 11.8 Å². The highest BCUT2D eigenvalue weighted by Gasteiger charge is 2.42. The van der Waals surface area contributed by atoms with Crippen molar-refractivity contribution in [3.8, 4) is 0 Å². The Kier molecular flexibility index (Phi) is 13.0. The first-order valence-electron chi connectivity index (χ1n) is 14.7. The summed E-state index contributed by atoms with van der Waals surface area (Å²) in [7, 11) is 0. The number of thioether (sulfide) groups is 1. The Bertz CT molecular complexity index is 1320. The van der Waals surface area contributed by atoms with E-state index in [1.54, 1.807) is 110 Å². The van der Waals surface area contributed by atoms with Crippen LogP contribution in [0.1, 0.15) is 109 Å². The van der Waals surface area contributed by atoms with Gasteiger partial charge in [0, 0.05) is 6.20 Å². The highest BCUT2D eigenvalue weighted by Crippen LogP contribution is 2.29. The molecule has 1 heterocycles. The molecule has 1 aromatic rings. The zero-order valence-corrected chi connectivity index (χ0v) is 31.1. The zero-order chi connectivity index (χ0) is 36.9. The van der Waals surface area contributed by atoms with Crippen molar-refractivity contribution in [1.29, 1.82) is 0 Å². The minimum atomic E-state index is -1.31. The summed E-state index contributed by atoms with van der Waals surface area (Å²) in [5.41, 5.74) is -5.97. The van der Waals surface area contributed by atoms with Crippen molar-refractivity contribution in [2.24, 2.45) is 4.99 Å². The van der Waals surface area contributed by atoms with E-state index in [2.05, 4.69) is 15.0 Å². The molecule has 264 valence electrons. The van der Waals surface area contributed by atoms with Gasteiger partial charge in [-0.3, -0.25) is 0 Å². The third-order valence-corrected chi connectivity index (χ3v) is 5.05. The molecule has 47 heavy (non-hydrogen) atoms. The van der Waals surface area contributed by atoms with E-state index in [9.17, 15) is 24.0 Å². The number of amidine groups is 1. The SMILES string of the molecule is CSc1ncc(/C(=N/C(=O)OC(C)(C)C)N(C(=O)OC(C)(C)C)C(=O)OC(C)(C)C)c(N(C(=O)OC(C)(C)C)C(=O)OC(C)(C)C)n1. The Morgan fingerprint density at radius 2 is 0.979 bits per heavy atom. The van der Waals surface area contributed by atoms with E-state index >= 15 is 0 Å². The number of ether oxygens (including phenoxy) is 5. The van der Waals surface area contributed by atoms with Crippen LogP contribution >= 0.6 is 11.8 Å². The van der Waals surface area contributed by atoms with Gasteiger partial charge in [-0.15, -0.1) is 0 Å². The van der Waals surface area contributed by atoms with Gasteiger partial charge in [0.25, 0.3) is 0 Å². The second-order valence-corrected chi connectivity index (χ2v) is 15.9. The average Bonchev–Trinajstić information content (AvgIpc) is 2.77. The van der Waals surface area contributed by atoms with Gasteiger partial charge < -0.3 is 23.7 Å². The van der Waals surface area contributed by atoms with Crippen LogP contribution < -0.4 is 4.90 Å². The van der Waals surface area contributed by atoms with Crippen LogP contribution in [0.5, 0.6) is 0 Å². The number of hydrogen-bond acceptors (Lipinski definition) is 13. The van der Waals surface area contributed by atoms with Crippen LogP contribution in [0.3, 0.4) is 0 Å². The van der Waals surface area contributed by atoms with Crippen LogP contribution in [0.25, 0.3) is 0 Å². The van der Waals surface area contributed by atoms with Gasteiger partial charge in [0.2, 0.25) is 0 Å². The summed E-state index contributed by atoms with van der Waals surface area (Å²) < 4.78 is 27.4.